The average molecular weight is 163 g/mol. The van der Waals surface area contributed by atoms with Gasteiger partial charge in [0.1, 0.15) is 0 Å². The zero-order chi connectivity index (χ0) is 8.18. The molecule has 4 fully saturated rings. The Morgan fingerprint density at radius 2 is 1.33 bits per heavy atom. The number of hydrogen-bond acceptors (Lipinski definition) is 1. The van der Waals surface area contributed by atoms with Gasteiger partial charge in [-0.3, -0.25) is 0 Å². The summed E-state index contributed by atoms with van der Waals surface area (Å²) in [5.41, 5.74) is 0.00868. The van der Waals surface area contributed by atoms with Crippen LogP contribution >= 0.6 is 0 Å². The van der Waals surface area contributed by atoms with Crippen LogP contribution in [0.2, 0.25) is 0 Å². The Labute approximate surface area is 74.5 Å². The van der Waals surface area contributed by atoms with Gasteiger partial charge in [0, 0.05) is 0 Å². The molecule has 0 aromatic heterocycles. The van der Waals surface area contributed by atoms with Gasteiger partial charge in [0.2, 0.25) is 0 Å². The SMILES string of the molecule is [C]OC12CC3CC(CC(C3)C1)C2. The van der Waals surface area contributed by atoms with E-state index in [2.05, 4.69) is 0 Å². The Hall–Kier alpha value is -0.0400. The molecule has 0 amide bonds. The standard InChI is InChI=1S/C11H15O/c1-12-11-5-8-2-9(6-11)4-10(3-8)7-11/h8-10H,2-7H2. The van der Waals surface area contributed by atoms with E-state index in [0.717, 1.165) is 17.8 Å². The summed E-state index contributed by atoms with van der Waals surface area (Å²) in [5.74, 6) is 2.71. The molecule has 4 saturated carbocycles. The van der Waals surface area contributed by atoms with Crippen LogP contribution in [-0.2, 0) is 4.74 Å². The highest BCUT2D eigenvalue weighted by Gasteiger charge is 2.51. The maximum atomic E-state index is 7.18. The summed E-state index contributed by atoms with van der Waals surface area (Å²) >= 11 is 0. The van der Waals surface area contributed by atoms with Crippen molar-refractivity contribution in [2.75, 3.05) is 0 Å². The van der Waals surface area contributed by atoms with Gasteiger partial charge in [-0.2, -0.15) is 0 Å². The van der Waals surface area contributed by atoms with E-state index in [4.69, 9.17) is 11.8 Å². The second kappa shape index (κ2) is 2.25. The van der Waals surface area contributed by atoms with Gasteiger partial charge in [-0.15, -0.1) is 0 Å². The predicted octanol–water partition coefficient (Wildman–Crippen LogP) is 2.52. The first-order valence-corrected chi connectivity index (χ1v) is 5.14. The third-order valence-electron chi connectivity index (χ3n) is 4.20. The Morgan fingerprint density at radius 3 is 1.67 bits per heavy atom. The Morgan fingerprint density at radius 1 is 0.917 bits per heavy atom. The summed E-state index contributed by atoms with van der Waals surface area (Å²) in [6, 6.07) is 0. The second-order valence-corrected chi connectivity index (χ2v) is 5.20. The molecular formula is C11H15O. The van der Waals surface area contributed by atoms with Gasteiger partial charge in [0.15, 0.2) is 7.11 Å². The Kier molecular flexibility index (Phi) is 1.39. The van der Waals surface area contributed by atoms with Crippen LogP contribution in [0.15, 0.2) is 0 Å². The van der Waals surface area contributed by atoms with Gasteiger partial charge in [0.05, 0.1) is 5.60 Å². The van der Waals surface area contributed by atoms with Crippen molar-refractivity contribution in [3.8, 4) is 0 Å². The third kappa shape index (κ3) is 0.891. The zero-order valence-electron chi connectivity index (χ0n) is 7.38. The summed E-state index contributed by atoms with van der Waals surface area (Å²) in [4.78, 5) is 0. The molecule has 4 rings (SSSR count). The van der Waals surface area contributed by atoms with Crippen molar-refractivity contribution >= 4 is 0 Å². The van der Waals surface area contributed by atoms with Crippen LogP contribution in [0, 0.1) is 24.9 Å². The van der Waals surface area contributed by atoms with E-state index in [0.29, 0.717) is 0 Å². The molecule has 4 aliphatic rings. The van der Waals surface area contributed by atoms with Gasteiger partial charge in [0.25, 0.3) is 0 Å². The molecule has 0 saturated heterocycles. The van der Waals surface area contributed by atoms with Crippen molar-refractivity contribution in [1.29, 1.82) is 0 Å². The van der Waals surface area contributed by atoms with Crippen LogP contribution in [0.1, 0.15) is 38.5 Å². The number of rotatable bonds is 1. The number of ether oxygens (including phenoxy) is 1. The van der Waals surface area contributed by atoms with E-state index in [9.17, 15) is 0 Å². The minimum absolute atomic E-state index is 0.00868. The number of hydrogen-bond donors (Lipinski definition) is 0. The van der Waals surface area contributed by atoms with E-state index in [1.807, 2.05) is 0 Å². The molecule has 0 N–H and O–H groups in total. The minimum Gasteiger partial charge on any atom is -0.359 e. The maximum Gasteiger partial charge on any atom is 0.174 e. The fourth-order valence-corrected chi connectivity index (χ4v) is 4.16. The summed E-state index contributed by atoms with van der Waals surface area (Å²) < 4.78 is 5.00. The van der Waals surface area contributed by atoms with Crippen molar-refractivity contribution in [3.63, 3.8) is 0 Å². The molecule has 12 heavy (non-hydrogen) atoms. The molecule has 4 bridgehead atoms. The van der Waals surface area contributed by atoms with Crippen molar-refractivity contribution in [3.05, 3.63) is 7.11 Å². The van der Waals surface area contributed by atoms with Crippen LogP contribution in [0.25, 0.3) is 0 Å². The van der Waals surface area contributed by atoms with Crippen molar-refractivity contribution < 1.29 is 4.74 Å². The summed E-state index contributed by atoms with van der Waals surface area (Å²) in [7, 11) is 7.18. The van der Waals surface area contributed by atoms with Gasteiger partial charge >= 0.3 is 0 Å². The van der Waals surface area contributed by atoms with Crippen LogP contribution in [0.4, 0.5) is 0 Å². The maximum absolute atomic E-state index is 7.18. The first-order valence-electron chi connectivity index (χ1n) is 5.14. The molecule has 0 unspecified atom stereocenters. The van der Waals surface area contributed by atoms with Gasteiger partial charge < -0.3 is 4.74 Å². The van der Waals surface area contributed by atoms with Crippen LogP contribution < -0.4 is 0 Å². The molecule has 0 heterocycles. The zero-order valence-corrected chi connectivity index (χ0v) is 7.38. The lowest BCUT2D eigenvalue weighted by molar-refractivity contribution is -0.132. The molecule has 0 aliphatic heterocycles. The van der Waals surface area contributed by atoms with Gasteiger partial charge in [-0.25, -0.2) is 0 Å². The first kappa shape index (κ1) is 7.37. The van der Waals surface area contributed by atoms with Crippen molar-refractivity contribution in [2.24, 2.45) is 17.8 Å². The van der Waals surface area contributed by atoms with E-state index >= 15 is 0 Å². The monoisotopic (exact) mass is 163 g/mol. The lowest BCUT2D eigenvalue weighted by Gasteiger charge is -2.55. The van der Waals surface area contributed by atoms with E-state index in [1.54, 1.807) is 0 Å². The fraction of sp³-hybridized carbons (Fsp3) is 0.909. The van der Waals surface area contributed by atoms with E-state index in [1.165, 1.54) is 38.5 Å². The molecule has 3 radical (unpaired) electrons. The first-order chi connectivity index (χ1) is 5.80. The molecule has 0 aromatic rings. The molecule has 4 aliphatic carbocycles. The van der Waals surface area contributed by atoms with E-state index in [-0.39, 0.29) is 5.60 Å². The van der Waals surface area contributed by atoms with Gasteiger partial charge in [-0.05, 0) is 56.3 Å². The smallest absolute Gasteiger partial charge is 0.174 e. The molecule has 0 aromatic carbocycles. The minimum atomic E-state index is 0.00868. The molecule has 1 nitrogen and oxygen atoms in total. The quantitative estimate of drug-likeness (QED) is 0.577. The van der Waals surface area contributed by atoms with Crippen molar-refractivity contribution in [2.45, 2.75) is 44.1 Å². The molecule has 1 heteroatoms. The summed E-state index contributed by atoms with van der Waals surface area (Å²) in [6.07, 6.45) is 7.85. The van der Waals surface area contributed by atoms with Crippen LogP contribution in [0.3, 0.4) is 0 Å². The second-order valence-electron chi connectivity index (χ2n) is 5.20. The summed E-state index contributed by atoms with van der Waals surface area (Å²) in [6.45, 7) is 0. The lowest BCUT2D eigenvalue weighted by Crippen LogP contribution is -2.51. The lowest BCUT2D eigenvalue weighted by atomic mass is 9.54. The fourth-order valence-electron chi connectivity index (χ4n) is 4.16. The predicted molar refractivity (Wildman–Crippen MR) is 45.2 cm³/mol. The highest BCUT2D eigenvalue weighted by Crippen LogP contribution is 2.56. The normalized spacial score (nSPS) is 56.2. The molecule has 65 valence electrons. The summed E-state index contributed by atoms with van der Waals surface area (Å²) in [5, 5.41) is 0. The highest BCUT2D eigenvalue weighted by molar-refractivity contribution is 5.02. The average Bonchev–Trinajstić information content (AvgIpc) is 2.02. The molecule has 0 spiro atoms. The van der Waals surface area contributed by atoms with Crippen LogP contribution in [0.5, 0.6) is 0 Å². The Bertz CT molecular complexity index is 162. The molecular weight excluding hydrogens is 148 g/mol. The highest BCUT2D eigenvalue weighted by atomic mass is 16.5. The molecule has 0 atom stereocenters. The largest absolute Gasteiger partial charge is 0.359 e. The third-order valence-corrected chi connectivity index (χ3v) is 4.20. The van der Waals surface area contributed by atoms with Crippen molar-refractivity contribution in [1.82, 2.24) is 0 Å². The van der Waals surface area contributed by atoms with Crippen LogP contribution in [-0.4, -0.2) is 5.60 Å². The Balaban J connectivity index is 1.90. The van der Waals surface area contributed by atoms with Gasteiger partial charge in [-0.1, -0.05) is 0 Å². The topological polar surface area (TPSA) is 9.23 Å². The van der Waals surface area contributed by atoms with E-state index < -0.39 is 0 Å².